The van der Waals surface area contributed by atoms with Crippen LogP contribution >= 0.6 is 0 Å². The first-order valence-corrected chi connectivity index (χ1v) is 13.4. The molecule has 0 aliphatic heterocycles. The van der Waals surface area contributed by atoms with Crippen molar-refractivity contribution in [3.8, 4) is 16.9 Å². The Morgan fingerprint density at radius 3 is 2.05 bits per heavy atom. The molecule has 224 valence electrons. The number of alkyl carbamates (subject to hydrolysis) is 1. The molecule has 0 saturated heterocycles. The second-order valence-corrected chi connectivity index (χ2v) is 9.24. The first kappa shape index (κ1) is 32.1. The fourth-order valence-corrected chi connectivity index (χ4v) is 3.93. The van der Waals surface area contributed by atoms with Crippen LogP contribution in [0.3, 0.4) is 0 Å². The van der Waals surface area contributed by atoms with Gasteiger partial charge in [0, 0.05) is 17.7 Å². The Morgan fingerprint density at radius 2 is 1.49 bits per heavy atom. The van der Waals surface area contributed by atoms with Crippen LogP contribution in [0.1, 0.15) is 27.9 Å². The highest BCUT2D eigenvalue weighted by Crippen LogP contribution is 2.21. The molecule has 0 saturated carbocycles. The standard InChI is InChI=1S/C32H34N4O7/c1-4-19-43-32(40)36-29(33)24-11-7-22(8-12-24)23-9-13-25(14-10-23)30(38)35-27(20-28(37)42-3)31(39)34-18-17-21-5-15-26(41-2)16-6-21/h4-16,27H,1,17-20H2,2-3H3,(H,34,39)(H,35,38)(H2,33,36,40). The number of carbonyl (C=O) groups is 4. The van der Waals surface area contributed by atoms with Crippen LogP contribution in [0.15, 0.2) is 85.5 Å². The van der Waals surface area contributed by atoms with Crippen LogP contribution in [0.2, 0.25) is 0 Å². The van der Waals surface area contributed by atoms with Gasteiger partial charge < -0.3 is 24.8 Å². The van der Waals surface area contributed by atoms with E-state index >= 15 is 0 Å². The summed E-state index contributed by atoms with van der Waals surface area (Å²) in [5.41, 5.74) is 3.38. The van der Waals surface area contributed by atoms with E-state index in [1.807, 2.05) is 24.3 Å². The number of methoxy groups -OCH3 is 2. The molecule has 0 bridgehead atoms. The maximum absolute atomic E-state index is 13.0. The van der Waals surface area contributed by atoms with Crippen LogP contribution in [0.5, 0.6) is 5.75 Å². The molecule has 0 spiro atoms. The van der Waals surface area contributed by atoms with E-state index in [-0.39, 0.29) is 18.9 Å². The van der Waals surface area contributed by atoms with Crippen LogP contribution in [-0.4, -0.2) is 63.1 Å². The van der Waals surface area contributed by atoms with Crippen LogP contribution in [0.4, 0.5) is 4.79 Å². The van der Waals surface area contributed by atoms with Crippen molar-refractivity contribution in [1.29, 1.82) is 5.41 Å². The van der Waals surface area contributed by atoms with Gasteiger partial charge in [-0.15, -0.1) is 0 Å². The summed E-state index contributed by atoms with van der Waals surface area (Å²) in [4.78, 5) is 49.4. The molecule has 3 amide bonds. The third-order valence-corrected chi connectivity index (χ3v) is 6.31. The summed E-state index contributed by atoms with van der Waals surface area (Å²) in [5.74, 6) is -1.04. The molecule has 0 aromatic heterocycles. The molecule has 3 aromatic rings. The van der Waals surface area contributed by atoms with Crippen LogP contribution in [0.25, 0.3) is 11.1 Å². The third-order valence-electron chi connectivity index (χ3n) is 6.31. The van der Waals surface area contributed by atoms with Gasteiger partial charge in [-0.3, -0.25) is 25.1 Å². The molecule has 43 heavy (non-hydrogen) atoms. The highest BCUT2D eigenvalue weighted by molar-refractivity contribution is 6.04. The Bertz CT molecular complexity index is 1440. The van der Waals surface area contributed by atoms with Gasteiger partial charge in [-0.25, -0.2) is 4.79 Å². The third kappa shape index (κ3) is 9.85. The first-order chi connectivity index (χ1) is 20.7. The molecule has 11 heteroatoms. The second kappa shape index (κ2) is 16.1. The molecule has 11 nitrogen and oxygen atoms in total. The Hall–Kier alpha value is -5.45. The van der Waals surface area contributed by atoms with Crippen molar-refractivity contribution in [2.24, 2.45) is 0 Å². The quantitative estimate of drug-likeness (QED) is 0.103. The molecule has 0 aliphatic carbocycles. The Kier molecular flexibility index (Phi) is 12.0. The Labute approximate surface area is 249 Å². The zero-order valence-electron chi connectivity index (χ0n) is 24.0. The summed E-state index contributed by atoms with van der Waals surface area (Å²) in [6.07, 6.45) is 0.910. The van der Waals surface area contributed by atoms with Crippen molar-refractivity contribution in [2.75, 3.05) is 27.4 Å². The normalized spacial score (nSPS) is 10.9. The number of esters is 1. The minimum atomic E-state index is -1.12. The van der Waals surface area contributed by atoms with E-state index in [1.54, 1.807) is 55.6 Å². The highest BCUT2D eigenvalue weighted by atomic mass is 16.5. The molecule has 0 fully saturated rings. The summed E-state index contributed by atoms with van der Waals surface area (Å²) < 4.78 is 14.7. The van der Waals surface area contributed by atoms with Crippen molar-refractivity contribution in [3.05, 3.63) is 102 Å². The van der Waals surface area contributed by atoms with Crippen molar-refractivity contribution in [3.63, 3.8) is 0 Å². The zero-order chi connectivity index (χ0) is 31.2. The van der Waals surface area contributed by atoms with Gasteiger partial charge in [-0.2, -0.15) is 0 Å². The van der Waals surface area contributed by atoms with Gasteiger partial charge in [-0.05, 0) is 47.4 Å². The van der Waals surface area contributed by atoms with Crippen LogP contribution in [-0.2, 0) is 25.5 Å². The lowest BCUT2D eigenvalue weighted by molar-refractivity contribution is -0.143. The fraction of sp³-hybridized carbons (Fsp3) is 0.219. The number of benzene rings is 3. The maximum Gasteiger partial charge on any atom is 0.413 e. The lowest BCUT2D eigenvalue weighted by atomic mass is 10.0. The molecular weight excluding hydrogens is 552 g/mol. The molecule has 3 aromatic carbocycles. The number of rotatable bonds is 13. The van der Waals surface area contributed by atoms with Gasteiger partial charge in [0.15, 0.2) is 0 Å². The van der Waals surface area contributed by atoms with Crippen molar-refractivity contribution < 1.29 is 33.4 Å². The van der Waals surface area contributed by atoms with E-state index in [9.17, 15) is 19.2 Å². The van der Waals surface area contributed by atoms with Gasteiger partial charge >= 0.3 is 12.1 Å². The van der Waals surface area contributed by atoms with E-state index in [2.05, 4.69) is 22.5 Å². The lowest BCUT2D eigenvalue weighted by Gasteiger charge is -2.18. The molecule has 3 rings (SSSR count). The average molecular weight is 587 g/mol. The highest BCUT2D eigenvalue weighted by Gasteiger charge is 2.24. The first-order valence-electron chi connectivity index (χ1n) is 13.4. The maximum atomic E-state index is 13.0. The molecule has 0 aliphatic rings. The summed E-state index contributed by atoms with van der Waals surface area (Å²) in [7, 11) is 2.80. The van der Waals surface area contributed by atoms with Gasteiger partial charge in [0.2, 0.25) is 5.91 Å². The molecule has 1 unspecified atom stereocenters. The van der Waals surface area contributed by atoms with Gasteiger partial charge in [0.05, 0.1) is 20.6 Å². The Balaban J connectivity index is 1.59. The number of amides is 3. The predicted octanol–water partition coefficient (Wildman–Crippen LogP) is 3.62. The summed E-state index contributed by atoms with van der Waals surface area (Å²) in [5, 5.41) is 15.8. The van der Waals surface area contributed by atoms with Crippen molar-refractivity contribution >= 4 is 29.7 Å². The second-order valence-electron chi connectivity index (χ2n) is 9.24. The van der Waals surface area contributed by atoms with E-state index in [0.717, 1.165) is 22.4 Å². The molecule has 4 N–H and O–H groups in total. The van der Waals surface area contributed by atoms with Crippen molar-refractivity contribution in [1.82, 2.24) is 16.0 Å². The average Bonchev–Trinajstić information content (AvgIpc) is 3.03. The van der Waals surface area contributed by atoms with Crippen LogP contribution < -0.4 is 20.7 Å². The van der Waals surface area contributed by atoms with Gasteiger partial charge in [-0.1, -0.05) is 61.2 Å². The van der Waals surface area contributed by atoms with Crippen molar-refractivity contribution in [2.45, 2.75) is 18.9 Å². The number of ether oxygens (including phenoxy) is 3. The molecular formula is C32H34N4O7. The smallest absolute Gasteiger partial charge is 0.413 e. The zero-order valence-corrected chi connectivity index (χ0v) is 24.0. The number of carbonyl (C=O) groups excluding carboxylic acids is 4. The summed E-state index contributed by atoms with van der Waals surface area (Å²) in [6.45, 7) is 3.81. The fourth-order valence-electron chi connectivity index (χ4n) is 3.93. The van der Waals surface area contributed by atoms with Crippen LogP contribution in [0, 0.1) is 5.41 Å². The summed E-state index contributed by atoms with van der Waals surface area (Å²) in [6, 6.07) is 19.9. The Morgan fingerprint density at radius 1 is 0.884 bits per heavy atom. The monoisotopic (exact) mass is 586 g/mol. The largest absolute Gasteiger partial charge is 0.497 e. The molecule has 0 heterocycles. The number of amidine groups is 1. The van der Waals surface area contributed by atoms with E-state index in [1.165, 1.54) is 13.2 Å². The lowest BCUT2D eigenvalue weighted by Crippen LogP contribution is -2.48. The molecule has 0 radical (unpaired) electrons. The number of hydrogen-bond acceptors (Lipinski definition) is 8. The minimum absolute atomic E-state index is 0.0383. The van der Waals surface area contributed by atoms with E-state index < -0.39 is 29.9 Å². The van der Waals surface area contributed by atoms with Gasteiger partial charge in [0.25, 0.3) is 5.91 Å². The SMILES string of the molecule is C=CCOC(=O)NC(=N)c1ccc(-c2ccc(C(=O)NC(CC(=O)OC)C(=O)NCCc3ccc(OC)cc3)cc2)cc1. The van der Waals surface area contributed by atoms with Gasteiger partial charge in [0.1, 0.15) is 24.2 Å². The predicted molar refractivity (Wildman–Crippen MR) is 161 cm³/mol. The minimum Gasteiger partial charge on any atom is -0.497 e. The number of hydrogen-bond donors (Lipinski definition) is 4. The van der Waals surface area contributed by atoms with E-state index in [4.69, 9.17) is 19.6 Å². The molecule has 1 atom stereocenters. The number of nitrogens with one attached hydrogen (secondary N) is 4. The van der Waals surface area contributed by atoms with E-state index in [0.29, 0.717) is 24.1 Å². The summed E-state index contributed by atoms with van der Waals surface area (Å²) >= 11 is 0. The topological polar surface area (TPSA) is 156 Å².